The third kappa shape index (κ3) is 13.4. The molecule has 1 unspecified atom stereocenters. The molecule has 0 aromatic carbocycles. The molecule has 1 atom stereocenters. The van der Waals surface area contributed by atoms with Crippen molar-refractivity contribution in [1.29, 1.82) is 0 Å². The third-order valence-corrected chi connectivity index (χ3v) is 3.07. The van der Waals surface area contributed by atoms with E-state index in [1.165, 1.54) is 25.7 Å². The second kappa shape index (κ2) is 11.9. The Bertz CT molecular complexity index is 180. The van der Waals surface area contributed by atoms with Crippen molar-refractivity contribution < 1.29 is 15.0 Å². The van der Waals surface area contributed by atoms with Crippen molar-refractivity contribution in [2.75, 3.05) is 0 Å². The van der Waals surface area contributed by atoms with Gasteiger partial charge in [-0.2, -0.15) is 0 Å². The highest BCUT2D eigenvalue weighted by Gasteiger charge is 2.04. The number of hydrogen-bond acceptors (Lipinski definition) is 2. The molecule has 0 aromatic heterocycles. The number of aliphatic hydroxyl groups is 1. The van der Waals surface area contributed by atoms with Crippen molar-refractivity contribution in [2.45, 2.75) is 83.7 Å². The number of aliphatic hydroxyl groups excluding tert-OH is 1. The van der Waals surface area contributed by atoms with Crippen molar-refractivity contribution in [3.8, 4) is 0 Å². The van der Waals surface area contributed by atoms with Crippen LogP contribution in [0.1, 0.15) is 77.6 Å². The molecule has 0 radical (unpaired) electrons. The van der Waals surface area contributed by atoms with Crippen LogP contribution in [-0.4, -0.2) is 22.3 Å². The van der Waals surface area contributed by atoms with E-state index < -0.39 is 5.97 Å². The SMILES string of the molecule is CCCCCCCC(O)CCCCCC(=O)O. The summed E-state index contributed by atoms with van der Waals surface area (Å²) in [5.41, 5.74) is 0. The fraction of sp³-hybridized carbons (Fsp3) is 0.929. The number of carboxylic acid groups (broad SMARTS) is 1. The summed E-state index contributed by atoms with van der Waals surface area (Å²) in [4.78, 5) is 10.3. The zero-order valence-electron chi connectivity index (χ0n) is 11.2. The fourth-order valence-corrected chi connectivity index (χ4v) is 1.96. The van der Waals surface area contributed by atoms with E-state index in [0.29, 0.717) is 0 Å². The minimum absolute atomic E-state index is 0.179. The smallest absolute Gasteiger partial charge is 0.303 e. The zero-order valence-corrected chi connectivity index (χ0v) is 11.2. The summed E-state index contributed by atoms with van der Waals surface area (Å²) in [6.07, 6.45) is 10.6. The Labute approximate surface area is 105 Å². The molecule has 0 bridgehead atoms. The van der Waals surface area contributed by atoms with Gasteiger partial charge in [0.25, 0.3) is 0 Å². The molecule has 3 heteroatoms. The molecule has 3 nitrogen and oxygen atoms in total. The van der Waals surface area contributed by atoms with Gasteiger partial charge in [0, 0.05) is 6.42 Å². The van der Waals surface area contributed by atoms with E-state index in [1.807, 2.05) is 0 Å². The molecule has 0 saturated heterocycles. The Morgan fingerprint density at radius 1 is 0.941 bits per heavy atom. The molecule has 0 aromatic rings. The van der Waals surface area contributed by atoms with Crippen LogP contribution in [0.25, 0.3) is 0 Å². The molecular weight excluding hydrogens is 216 g/mol. The van der Waals surface area contributed by atoms with Gasteiger partial charge in [-0.25, -0.2) is 0 Å². The minimum Gasteiger partial charge on any atom is -0.481 e. The van der Waals surface area contributed by atoms with Gasteiger partial charge in [-0.05, 0) is 19.3 Å². The van der Waals surface area contributed by atoms with Crippen LogP contribution < -0.4 is 0 Å². The lowest BCUT2D eigenvalue weighted by molar-refractivity contribution is -0.137. The van der Waals surface area contributed by atoms with E-state index in [-0.39, 0.29) is 12.5 Å². The molecule has 0 aliphatic rings. The van der Waals surface area contributed by atoms with E-state index in [1.54, 1.807) is 0 Å². The lowest BCUT2D eigenvalue weighted by Crippen LogP contribution is -2.06. The Hall–Kier alpha value is -0.570. The maximum Gasteiger partial charge on any atom is 0.303 e. The molecular formula is C14H28O3. The second-order valence-corrected chi connectivity index (χ2v) is 4.85. The maximum absolute atomic E-state index is 10.3. The standard InChI is InChI=1S/C14H28O3/c1-2-3-4-5-7-10-13(15)11-8-6-9-12-14(16)17/h13,15H,2-12H2,1H3,(H,16,17). The number of unbranched alkanes of at least 4 members (excludes halogenated alkanes) is 6. The molecule has 0 amide bonds. The van der Waals surface area contributed by atoms with Gasteiger partial charge < -0.3 is 10.2 Å². The highest BCUT2D eigenvalue weighted by molar-refractivity contribution is 5.66. The van der Waals surface area contributed by atoms with E-state index >= 15 is 0 Å². The zero-order chi connectivity index (χ0) is 12.9. The van der Waals surface area contributed by atoms with Gasteiger partial charge in [-0.15, -0.1) is 0 Å². The van der Waals surface area contributed by atoms with Gasteiger partial charge in [0.05, 0.1) is 6.10 Å². The summed E-state index contributed by atoms with van der Waals surface area (Å²) in [6.45, 7) is 2.20. The number of carboxylic acids is 1. The van der Waals surface area contributed by atoms with Crippen molar-refractivity contribution in [3.05, 3.63) is 0 Å². The van der Waals surface area contributed by atoms with Gasteiger partial charge in [-0.3, -0.25) is 4.79 Å². The van der Waals surface area contributed by atoms with E-state index in [4.69, 9.17) is 5.11 Å². The van der Waals surface area contributed by atoms with Crippen LogP contribution >= 0.6 is 0 Å². The topological polar surface area (TPSA) is 57.5 Å². The average molecular weight is 244 g/mol. The first-order valence-corrected chi connectivity index (χ1v) is 7.06. The monoisotopic (exact) mass is 244 g/mol. The number of hydrogen-bond donors (Lipinski definition) is 2. The van der Waals surface area contributed by atoms with Crippen LogP contribution in [0.15, 0.2) is 0 Å². The summed E-state index contributed by atoms with van der Waals surface area (Å²) in [5.74, 6) is -0.721. The van der Waals surface area contributed by atoms with Crippen LogP contribution in [0.4, 0.5) is 0 Å². The van der Waals surface area contributed by atoms with E-state index in [2.05, 4.69) is 6.92 Å². The average Bonchev–Trinajstić information content (AvgIpc) is 2.28. The highest BCUT2D eigenvalue weighted by Crippen LogP contribution is 2.12. The second-order valence-electron chi connectivity index (χ2n) is 4.85. The fourth-order valence-electron chi connectivity index (χ4n) is 1.96. The van der Waals surface area contributed by atoms with Gasteiger partial charge in [0.15, 0.2) is 0 Å². The van der Waals surface area contributed by atoms with Crippen LogP contribution in [0.5, 0.6) is 0 Å². The molecule has 0 heterocycles. The van der Waals surface area contributed by atoms with Gasteiger partial charge in [0.2, 0.25) is 0 Å². The lowest BCUT2D eigenvalue weighted by atomic mass is 10.0. The summed E-state index contributed by atoms with van der Waals surface area (Å²) in [6, 6.07) is 0. The highest BCUT2D eigenvalue weighted by atomic mass is 16.4. The quantitative estimate of drug-likeness (QED) is 0.514. The number of carbonyl (C=O) groups is 1. The molecule has 17 heavy (non-hydrogen) atoms. The molecule has 0 aliphatic carbocycles. The first kappa shape index (κ1) is 16.4. The Morgan fingerprint density at radius 3 is 2.00 bits per heavy atom. The molecule has 0 aliphatic heterocycles. The molecule has 0 rings (SSSR count). The molecule has 0 saturated carbocycles. The van der Waals surface area contributed by atoms with E-state index in [9.17, 15) is 9.90 Å². The van der Waals surface area contributed by atoms with Crippen molar-refractivity contribution >= 4 is 5.97 Å². The normalized spacial score (nSPS) is 12.6. The predicted molar refractivity (Wildman–Crippen MR) is 70.1 cm³/mol. The number of aliphatic carboxylic acids is 1. The summed E-state index contributed by atoms with van der Waals surface area (Å²) in [5, 5.41) is 18.2. The summed E-state index contributed by atoms with van der Waals surface area (Å²) < 4.78 is 0. The molecule has 0 spiro atoms. The summed E-state index contributed by atoms with van der Waals surface area (Å²) >= 11 is 0. The van der Waals surface area contributed by atoms with Crippen molar-refractivity contribution in [1.82, 2.24) is 0 Å². The van der Waals surface area contributed by atoms with Gasteiger partial charge >= 0.3 is 5.97 Å². The van der Waals surface area contributed by atoms with Crippen molar-refractivity contribution in [3.63, 3.8) is 0 Å². The molecule has 0 fully saturated rings. The Balaban J connectivity index is 3.17. The lowest BCUT2D eigenvalue weighted by Gasteiger charge is -2.09. The van der Waals surface area contributed by atoms with Crippen LogP contribution in [-0.2, 0) is 4.79 Å². The van der Waals surface area contributed by atoms with Crippen LogP contribution in [0, 0.1) is 0 Å². The van der Waals surface area contributed by atoms with Crippen molar-refractivity contribution in [2.24, 2.45) is 0 Å². The first-order chi connectivity index (χ1) is 8.16. The first-order valence-electron chi connectivity index (χ1n) is 7.06. The van der Waals surface area contributed by atoms with Gasteiger partial charge in [0.1, 0.15) is 0 Å². The Morgan fingerprint density at radius 2 is 1.47 bits per heavy atom. The minimum atomic E-state index is -0.721. The molecule has 102 valence electrons. The maximum atomic E-state index is 10.3. The Kier molecular flexibility index (Phi) is 11.5. The van der Waals surface area contributed by atoms with Crippen LogP contribution in [0.3, 0.4) is 0 Å². The van der Waals surface area contributed by atoms with Crippen LogP contribution in [0.2, 0.25) is 0 Å². The molecule has 2 N–H and O–H groups in total. The summed E-state index contributed by atoms with van der Waals surface area (Å²) in [7, 11) is 0. The third-order valence-electron chi connectivity index (χ3n) is 3.07. The number of rotatable bonds is 12. The predicted octanol–water partition coefficient (Wildman–Crippen LogP) is 3.74. The van der Waals surface area contributed by atoms with E-state index in [0.717, 1.165) is 38.5 Å². The largest absolute Gasteiger partial charge is 0.481 e. The van der Waals surface area contributed by atoms with Gasteiger partial charge in [-0.1, -0.05) is 51.9 Å².